The summed E-state index contributed by atoms with van der Waals surface area (Å²) in [4.78, 5) is 14.3. The van der Waals surface area contributed by atoms with Crippen LogP contribution in [-0.2, 0) is 0 Å². The number of amides is 1. The Morgan fingerprint density at radius 3 is 2.71 bits per heavy atom. The van der Waals surface area contributed by atoms with Crippen LogP contribution in [0.4, 0.5) is 4.39 Å². The molecule has 1 aliphatic rings. The van der Waals surface area contributed by atoms with Crippen molar-refractivity contribution in [1.29, 1.82) is 0 Å². The molecule has 1 saturated heterocycles. The predicted molar refractivity (Wildman–Crippen MR) is 75.5 cm³/mol. The summed E-state index contributed by atoms with van der Waals surface area (Å²) in [6.45, 7) is 4.41. The van der Waals surface area contributed by atoms with Crippen molar-refractivity contribution in [2.24, 2.45) is 0 Å². The molecule has 1 amide bonds. The third kappa shape index (κ3) is 2.68. The minimum Gasteiger partial charge on any atom is -0.361 e. The Morgan fingerprint density at radius 1 is 1.38 bits per heavy atom. The zero-order chi connectivity index (χ0) is 15.0. The Kier molecular flexibility index (Phi) is 3.49. The zero-order valence-corrected chi connectivity index (χ0v) is 12.0. The predicted octanol–water partition coefficient (Wildman–Crippen LogP) is 3.14. The largest absolute Gasteiger partial charge is 0.361 e. The van der Waals surface area contributed by atoms with Gasteiger partial charge >= 0.3 is 0 Å². The summed E-state index contributed by atoms with van der Waals surface area (Å²) in [7, 11) is 0. The van der Waals surface area contributed by atoms with E-state index in [0.29, 0.717) is 18.0 Å². The SMILES string of the molecule is Cc1cc(C(=O)N2C[C@H](c3ccc(F)cc3)C[C@@H]2C)no1. The van der Waals surface area contributed by atoms with Gasteiger partial charge in [-0.1, -0.05) is 17.3 Å². The molecule has 0 radical (unpaired) electrons. The van der Waals surface area contributed by atoms with Crippen LogP contribution in [0.2, 0.25) is 0 Å². The van der Waals surface area contributed by atoms with E-state index in [9.17, 15) is 9.18 Å². The molecule has 0 N–H and O–H groups in total. The van der Waals surface area contributed by atoms with E-state index >= 15 is 0 Å². The van der Waals surface area contributed by atoms with Crippen LogP contribution in [0.3, 0.4) is 0 Å². The normalized spacial score (nSPS) is 21.8. The van der Waals surface area contributed by atoms with Crippen molar-refractivity contribution >= 4 is 5.91 Å². The Labute approximate surface area is 122 Å². The minimum atomic E-state index is -0.240. The molecule has 1 fully saturated rings. The van der Waals surface area contributed by atoms with Gasteiger partial charge in [0.15, 0.2) is 5.69 Å². The van der Waals surface area contributed by atoms with Gasteiger partial charge in [-0.15, -0.1) is 0 Å². The summed E-state index contributed by atoms with van der Waals surface area (Å²) in [5.74, 6) is 0.512. The number of hydrogen-bond donors (Lipinski definition) is 0. The van der Waals surface area contributed by atoms with Crippen LogP contribution in [-0.4, -0.2) is 28.6 Å². The van der Waals surface area contributed by atoms with Crippen LogP contribution < -0.4 is 0 Å². The summed E-state index contributed by atoms with van der Waals surface area (Å²) in [5.41, 5.74) is 1.41. The lowest BCUT2D eigenvalue weighted by molar-refractivity contribution is 0.0735. The van der Waals surface area contributed by atoms with Crippen molar-refractivity contribution in [3.05, 3.63) is 53.2 Å². The summed E-state index contributed by atoms with van der Waals surface area (Å²) in [6, 6.07) is 8.30. The molecule has 1 aromatic heterocycles. The number of benzene rings is 1. The van der Waals surface area contributed by atoms with E-state index in [1.807, 2.05) is 11.8 Å². The number of halogens is 1. The van der Waals surface area contributed by atoms with Gasteiger partial charge in [-0.25, -0.2) is 4.39 Å². The second-order valence-electron chi connectivity index (χ2n) is 5.61. The number of hydrogen-bond acceptors (Lipinski definition) is 3. The van der Waals surface area contributed by atoms with Crippen molar-refractivity contribution < 1.29 is 13.7 Å². The molecule has 0 aliphatic carbocycles. The number of carbonyl (C=O) groups is 1. The lowest BCUT2D eigenvalue weighted by Gasteiger charge is -2.19. The van der Waals surface area contributed by atoms with Gasteiger partial charge in [0.25, 0.3) is 5.91 Å². The summed E-state index contributed by atoms with van der Waals surface area (Å²) in [6.07, 6.45) is 0.869. The number of rotatable bonds is 2. The van der Waals surface area contributed by atoms with Crippen molar-refractivity contribution in [2.75, 3.05) is 6.54 Å². The Balaban J connectivity index is 1.77. The average Bonchev–Trinajstić information content (AvgIpc) is 3.05. The Bertz CT molecular complexity index is 651. The molecule has 0 saturated carbocycles. The molecule has 2 aromatic rings. The summed E-state index contributed by atoms with van der Waals surface area (Å²) < 4.78 is 18.0. The fourth-order valence-electron chi connectivity index (χ4n) is 2.90. The molecule has 0 unspecified atom stereocenters. The summed E-state index contributed by atoms with van der Waals surface area (Å²) in [5, 5.41) is 3.79. The number of aryl methyl sites for hydroxylation is 1. The van der Waals surface area contributed by atoms with Gasteiger partial charge in [0.1, 0.15) is 11.6 Å². The van der Waals surface area contributed by atoms with Gasteiger partial charge in [-0.05, 0) is 38.0 Å². The maximum absolute atomic E-state index is 13.0. The highest BCUT2D eigenvalue weighted by Gasteiger charge is 2.34. The van der Waals surface area contributed by atoms with Gasteiger partial charge in [-0.3, -0.25) is 4.79 Å². The Hall–Kier alpha value is -2.17. The van der Waals surface area contributed by atoms with E-state index in [0.717, 1.165) is 12.0 Å². The first kappa shape index (κ1) is 13.8. The highest BCUT2D eigenvalue weighted by molar-refractivity contribution is 5.92. The van der Waals surface area contributed by atoms with Gasteiger partial charge < -0.3 is 9.42 Å². The molecular formula is C16H17FN2O2. The molecule has 0 bridgehead atoms. The van der Waals surface area contributed by atoms with E-state index in [-0.39, 0.29) is 23.7 Å². The highest BCUT2D eigenvalue weighted by Crippen LogP contribution is 2.32. The lowest BCUT2D eigenvalue weighted by atomic mass is 9.97. The monoisotopic (exact) mass is 288 g/mol. The van der Waals surface area contributed by atoms with Crippen molar-refractivity contribution in [3.8, 4) is 0 Å². The molecule has 2 atom stereocenters. The van der Waals surface area contributed by atoms with E-state index in [1.165, 1.54) is 12.1 Å². The first-order valence-corrected chi connectivity index (χ1v) is 7.04. The maximum Gasteiger partial charge on any atom is 0.276 e. The van der Waals surface area contributed by atoms with Crippen LogP contribution in [0, 0.1) is 12.7 Å². The lowest BCUT2D eigenvalue weighted by Crippen LogP contribution is -2.34. The van der Waals surface area contributed by atoms with E-state index < -0.39 is 0 Å². The first-order chi connectivity index (χ1) is 10.0. The molecule has 21 heavy (non-hydrogen) atoms. The fourth-order valence-corrected chi connectivity index (χ4v) is 2.90. The van der Waals surface area contributed by atoms with Crippen LogP contribution in [0.15, 0.2) is 34.9 Å². The molecule has 110 valence electrons. The van der Waals surface area contributed by atoms with Crippen molar-refractivity contribution in [3.63, 3.8) is 0 Å². The second-order valence-corrected chi connectivity index (χ2v) is 5.61. The quantitative estimate of drug-likeness (QED) is 0.853. The minimum absolute atomic E-state index is 0.107. The van der Waals surface area contributed by atoms with E-state index in [2.05, 4.69) is 5.16 Å². The third-order valence-electron chi connectivity index (χ3n) is 4.02. The first-order valence-electron chi connectivity index (χ1n) is 7.04. The molecule has 1 aromatic carbocycles. The standard InChI is InChI=1S/C16H17FN2O2/c1-10-7-13(12-3-5-14(17)6-4-12)9-19(10)16(20)15-8-11(2)21-18-15/h3-6,8,10,13H,7,9H2,1-2H3/t10-,13+/m0/s1. The number of aromatic nitrogens is 1. The topological polar surface area (TPSA) is 46.3 Å². The van der Waals surface area contributed by atoms with E-state index in [4.69, 9.17) is 4.52 Å². The van der Waals surface area contributed by atoms with Gasteiger partial charge in [0.05, 0.1) is 0 Å². The molecule has 0 spiro atoms. The summed E-state index contributed by atoms with van der Waals surface area (Å²) >= 11 is 0. The van der Waals surface area contributed by atoms with Crippen molar-refractivity contribution in [1.82, 2.24) is 10.1 Å². The molecule has 2 heterocycles. The van der Waals surface area contributed by atoms with Crippen molar-refractivity contribution in [2.45, 2.75) is 32.2 Å². The molecule has 3 rings (SSSR count). The smallest absolute Gasteiger partial charge is 0.276 e. The fraction of sp³-hybridized carbons (Fsp3) is 0.375. The number of carbonyl (C=O) groups excluding carboxylic acids is 1. The zero-order valence-electron chi connectivity index (χ0n) is 12.0. The van der Waals surface area contributed by atoms with Gasteiger partial charge in [-0.2, -0.15) is 0 Å². The van der Waals surface area contributed by atoms with Gasteiger partial charge in [0, 0.05) is 24.6 Å². The highest BCUT2D eigenvalue weighted by atomic mass is 19.1. The Morgan fingerprint density at radius 2 is 2.10 bits per heavy atom. The molecule has 1 aliphatic heterocycles. The van der Waals surface area contributed by atoms with Gasteiger partial charge in [0.2, 0.25) is 0 Å². The maximum atomic E-state index is 13.0. The third-order valence-corrected chi connectivity index (χ3v) is 4.02. The number of nitrogens with zero attached hydrogens (tertiary/aromatic N) is 2. The molecule has 5 heteroatoms. The number of likely N-dealkylation sites (tertiary alicyclic amines) is 1. The van der Waals surface area contributed by atoms with Crippen LogP contribution >= 0.6 is 0 Å². The van der Waals surface area contributed by atoms with Crippen LogP contribution in [0.5, 0.6) is 0 Å². The molecule has 4 nitrogen and oxygen atoms in total. The van der Waals surface area contributed by atoms with E-state index in [1.54, 1.807) is 25.1 Å². The molecular weight excluding hydrogens is 271 g/mol. The average molecular weight is 288 g/mol. The second kappa shape index (κ2) is 5.31. The van der Waals surface area contributed by atoms with Crippen LogP contribution in [0.25, 0.3) is 0 Å². The van der Waals surface area contributed by atoms with Crippen LogP contribution in [0.1, 0.15) is 41.1 Å².